The molecule has 4 rings (SSSR count). The zero-order chi connectivity index (χ0) is 22.0. The van der Waals surface area contributed by atoms with Crippen LogP contribution < -0.4 is 10.2 Å². The maximum absolute atomic E-state index is 13.7. The van der Waals surface area contributed by atoms with Crippen LogP contribution in [0.25, 0.3) is 11.3 Å². The lowest BCUT2D eigenvalue weighted by atomic mass is 10.1. The van der Waals surface area contributed by atoms with Crippen molar-refractivity contribution in [3.63, 3.8) is 0 Å². The van der Waals surface area contributed by atoms with Crippen molar-refractivity contribution >= 4 is 28.9 Å². The largest absolute Gasteiger partial charge is 0.418 e. The van der Waals surface area contributed by atoms with E-state index in [9.17, 15) is 18.0 Å². The molecule has 10 heteroatoms. The zero-order valence-electron chi connectivity index (χ0n) is 16.2. The van der Waals surface area contributed by atoms with Gasteiger partial charge in [0.1, 0.15) is 5.69 Å². The third kappa shape index (κ3) is 4.83. The van der Waals surface area contributed by atoms with Gasteiger partial charge in [-0.05, 0) is 36.4 Å². The number of hydrogen-bond acceptors (Lipinski definition) is 4. The topological polar surface area (TPSA) is 70.2 Å². The van der Waals surface area contributed by atoms with Crippen molar-refractivity contribution in [1.82, 2.24) is 10.2 Å². The molecule has 1 saturated heterocycles. The second-order valence-electron chi connectivity index (χ2n) is 6.96. The van der Waals surface area contributed by atoms with Crippen molar-refractivity contribution in [2.24, 2.45) is 0 Å². The van der Waals surface area contributed by atoms with E-state index in [4.69, 9.17) is 16.3 Å². The summed E-state index contributed by atoms with van der Waals surface area (Å²) in [6.45, 7) is 1.91. The number of rotatable bonds is 4. The van der Waals surface area contributed by atoms with Crippen LogP contribution in [0.4, 0.5) is 24.5 Å². The lowest BCUT2D eigenvalue weighted by molar-refractivity contribution is -0.136. The van der Waals surface area contributed by atoms with Gasteiger partial charge in [-0.1, -0.05) is 23.7 Å². The molecule has 6 nitrogen and oxygen atoms in total. The Morgan fingerprint density at radius 3 is 2.61 bits per heavy atom. The number of morpholine rings is 1. The van der Waals surface area contributed by atoms with E-state index in [-0.39, 0.29) is 11.4 Å². The van der Waals surface area contributed by atoms with Crippen molar-refractivity contribution in [3.8, 4) is 11.3 Å². The third-order valence-corrected chi connectivity index (χ3v) is 5.11. The number of hydrogen-bond donors (Lipinski definition) is 2. The van der Waals surface area contributed by atoms with E-state index in [1.54, 1.807) is 30.3 Å². The van der Waals surface area contributed by atoms with Crippen LogP contribution in [-0.2, 0) is 10.9 Å². The third-order valence-electron chi connectivity index (χ3n) is 4.88. The predicted octanol–water partition coefficient (Wildman–Crippen LogP) is 4.84. The number of anilines is 2. The quantitative estimate of drug-likeness (QED) is 0.597. The zero-order valence-corrected chi connectivity index (χ0v) is 16.9. The van der Waals surface area contributed by atoms with Crippen LogP contribution in [0.15, 0.2) is 48.5 Å². The summed E-state index contributed by atoms with van der Waals surface area (Å²) in [6, 6.07) is 12.2. The fourth-order valence-electron chi connectivity index (χ4n) is 3.32. The van der Waals surface area contributed by atoms with Gasteiger partial charge < -0.3 is 15.0 Å². The van der Waals surface area contributed by atoms with Gasteiger partial charge in [0.15, 0.2) is 0 Å². The minimum atomic E-state index is -4.63. The molecule has 0 radical (unpaired) electrons. The van der Waals surface area contributed by atoms with Crippen molar-refractivity contribution in [1.29, 1.82) is 0 Å². The molecule has 2 N–H and O–H groups in total. The predicted molar refractivity (Wildman–Crippen MR) is 111 cm³/mol. The van der Waals surface area contributed by atoms with Crippen LogP contribution in [0.2, 0.25) is 5.02 Å². The summed E-state index contributed by atoms with van der Waals surface area (Å²) in [6.07, 6.45) is -4.63. The van der Waals surface area contributed by atoms with Crippen LogP contribution in [0, 0.1) is 0 Å². The van der Waals surface area contributed by atoms with Crippen LogP contribution in [0.5, 0.6) is 0 Å². The molecule has 0 aliphatic carbocycles. The van der Waals surface area contributed by atoms with Gasteiger partial charge in [-0.3, -0.25) is 9.89 Å². The van der Waals surface area contributed by atoms with E-state index in [1.807, 2.05) is 4.90 Å². The number of H-pyrrole nitrogens is 1. The standard InChI is InChI=1S/C21H18ClF3N4O2/c22-14-3-1-2-13(10-14)18-12-19(28-27-18)20(30)26-17-5-4-15(11-16(17)21(23,24)25)29-6-8-31-9-7-29/h1-5,10-12H,6-9H2,(H,26,30)(H,27,28). The molecule has 2 aromatic carbocycles. The molecule has 1 aromatic heterocycles. The van der Waals surface area contributed by atoms with Crippen LogP contribution in [0.1, 0.15) is 16.1 Å². The summed E-state index contributed by atoms with van der Waals surface area (Å²) in [4.78, 5) is 14.4. The maximum Gasteiger partial charge on any atom is 0.418 e. The Labute approximate surface area is 181 Å². The molecular formula is C21H18ClF3N4O2. The van der Waals surface area contributed by atoms with Gasteiger partial charge >= 0.3 is 6.18 Å². The Kier molecular flexibility index (Phi) is 5.88. The number of ether oxygens (including phenoxy) is 1. The Bertz CT molecular complexity index is 1090. The number of halogens is 4. The van der Waals surface area contributed by atoms with E-state index in [0.29, 0.717) is 48.3 Å². The fraction of sp³-hybridized carbons (Fsp3) is 0.238. The first-order valence-electron chi connectivity index (χ1n) is 9.48. The highest BCUT2D eigenvalue weighted by atomic mass is 35.5. The Morgan fingerprint density at radius 1 is 1.13 bits per heavy atom. The van der Waals surface area contributed by atoms with E-state index in [0.717, 1.165) is 6.07 Å². The van der Waals surface area contributed by atoms with E-state index >= 15 is 0 Å². The summed E-state index contributed by atoms with van der Waals surface area (Å²) >= 11 is 5.97. The maximum atomic E-state index is 13.7. The highest BCUT2D eigenvalue weighted by molar-refractivity contribution is 6.30. The second-order valence-corrected chi connectivity index (χ2v) is 7.39. The van der Waals surface area contributed by atoms with Crippen molar-refractivity contribution in [2.75, 3.05) is 36.5 Å². The van der Waals surface area contributed by atoms with Crippen LogP contribution >= 0.6 is 11.6 Å². The number of benzene rings is 2. The van der Waals surface area contributed by atoms with E-state index in [1.165, 1.54) is 12.1 Å². The molecule has 1 aliphatic heterocycles. The summed E-state index contributed by atoms with van der Waals surface area (Å²) < 4.78 is 46.3. The smallest absolute Gasteiger partial charge is 0.378 e. The lowest BCUT2D eigenvalue weighted by Crippen LogP contribution is -2.36. The highest BCUT2D eigenvalue weighted by Gasteiger charge is 2.35. The monoisotopic (exact) mass is 450 g/mol. The van der Waals surface area contributed by atoms with Gasteiger partial charge in [-0.2, -0.15) is 18.3 Å². The van der Waals surface area contributed by atoms with Crippen LogP contribution in [-0.4, -0.2) is 42.4 Å². The normalized spacial score (nSPS) is 14.5. The number of amides is 1. The molecule has 31 heavy (non-hydrogen) atoms. The molecule has 1 aliphatic rings. The van der Waals surface area contributed by atoms with Gasteiger partial charge in [0.25, 0.3) is 5.91 Å². The van der Waals surface area contributed by atoms with E-state index < -0.39 is 17.6 Å². The molecule has 2 heterocycles. The molecule has 3 aromatic rings. The average molecular weight is 451 g/mol. The summed E-state index contributed by atoms with van der Waals surface area (Å²) in [7, 11) is 0. The first kappa shape index (κ1) is 21.2. The number of nitrogens with one attached hydrogen (secondary N) is 2. The molecule has 1 amide bonds. The summed E-state index contributed by atoms with van der Waals surface area (Å²) in [5.74, 6) is -0.731. The first-order valence-corrected chi connectivity index (χ1v) is 9.86. The Hall–Kier alpha value is -3.04. The lowest BCUT2D eigenvalue weighted by Gasteiger charge is -2.29. The molecule has 0 saturated carbocycles. The number of carbonyl (C=O) groups is 1. The van der Waals surface area contributed by atoms with E-state index in [2.05, 4.69) is 15.5 Å². The minimum Gasteiger partial charge on any atom is -0.378 e. The van der Waals surface area contributed by atoms with Gasteiger partial charge in [0, 0.05) is 29.4 Å². The number of aromatic amines is 1. The first-order chi connectivity index (χ1) is 14.8. The summed E-state index contributed by atoms with van der Waals surface area (Å²) in [5.41, 5.74) is 0.339. The average Bonchev–Trinajstić information content (AvgIpc) is 3.24. The Balaban J connectivity index is 1.57. The minimum absolute atomic E-state index is 0.0281. The number of carbonyl (C=O) groups excluding carboxylic acids is 1. The fourth-order valence-corrected chi connectivity index (χ4v) is 3.51. The molecule has 1 fully saturated rings. The van der Waals surface area contributed by atoms with Gasteiger partial charge in [-0.15, -0.1) is 0 Å². The molecule has 0 spiro atoms. The Morgan fingerprint density at radius 2 is 1.90 bits per heavy atom. The number of aromatic nitrogens is 2. The summed E-state index contributed by atoms with van der Waals surface area (Å²) in [5, 5.41) is 9.45. The second kappa shape index (κ2) is 8.60. The molecule has 0 atom stereocenters. The molecule has 0 unspecified atom stereocenters. The van der Waals surface area contributed by atoms with Crippen molar-refractivity contribution < 1.29 is 22.7 Å². The van der Waals surface area contributed by atoms with Crippen LogP contribution in [0.3, 0.4) is 0 Å². The molecule has 162 valence electrons. The van der Waals surface area contributed by atoms with Crippen molar-refractivity contribution in [3.05, 3.63) is 64.8 Å². The molecular weight excluding hydrogens is 433 g/mol. The molecule has 0 bridgehead atoms. The highest BCUT2D eigenvalue weighted by Crippen LogP contribution is 2.37. The van der Waals surface area contributed by atoms with Gasteiger partial charge in [0.05, 0.1) is 30.2 Å². The van der Waals surface area contributed by atoms with Gasteiger partial charge in [-0.25, -0.2) is 0 Å². The SMILES string of the molecule is O=C(Nc1ccc(N2CCOCC2)cc1C(F)(F)F)c1cc(-c2cccc(Cl)c2)n[nH]1. The van der Waals surface area contributed by atoms with Gasteiger partial charge in [0.2, 0.25) is 0 Å². The van der Waals surface area contributed by atoms with Crippen molar-refractivity contribution in [2.45, 2.75) is 6.18 Å². The number of alkyl halides is 3. The number of nitrogens with zero attached hydrogens (tertiary/aromatic N) is 2.